The maximum Gasteiger partial charge on any atom is 0.337 e. The Morgan fingerprint density at radius 2 is 2.05 bits per heavy atom. The van der Waals surface area contributed by atoms with E-state index in [0.29, 0.717) is 0 Å². The van der Waals surface area contributed by atoms with Crippen LogP contribution in [0.4, 0.5) is 18.9 Å². The lowest BCUT2D eigenvalue weighted by atomic mass is 10.1. The van der Waals surface area contributed by atoms with Crippen molar-refractivity contribution in [1.82, 2.24) is 0 Å². The van der Waals surface area contributed by atoms with Crippen LogP contribution in [0.1, 0.15) is 16.8 Å². The van der Waals surface area contributed by atoms with E-state index in [1.165, 1.54) is 0 Å². The van der Waals surface area contributed by atoms with Crippen molar-refractivity contribution in [3.05, 3.63) is 29.6 Å². The predicted molar refractivity (Wildman–Crippen MR) is 63.4 cm³/mol. The molecule has 0 unspecified atom stereocenters. The number of carbonyl (C=O) groups excluding carboxylic acids is 1. The fourth-order valence-corrected chi connectivity index (χ4v) is 1.36. The zero-order chi connectivity index (χ0) is 15.1. The smallest absolute Gasteiger partial charge is 0.337 e. The van der Waals surface area contributed by atoms with Gasteiger partial charge in [0.25, 0.3) is 6.43 Å². The fourth-order valence-electron chi connectivity index (χ4n) is 1.36. The molecule has 0 saturated carbocycles. The number of rotatable bonds is 7. The van der Waals surface area contributed by atoms with Gasteiger partial charge in [-0.1, -0.05) is 0 Å². The van der Waals surface area contributed by atoms with Gasteiger partial charge in [0.05, 0.1) is 24.3 Å². The molecule has 1 amide bonds. The van der Waals surface area contributed by atoms with Crippen molar-refractivity contribution in [2.45, 2.75) is 12.8 Å². The first-order valence-electron chi connectivity index (χ1n) is 5.58. The molecule has 2 N–H and O–H groups in total. The van der Waals surface area contributed by atoms with Gasteiger partial charge in [-0.2, -0.15) is 0 Å². The largest absolute Gasteiger partial charge is 0.478 e. The summed E-state index contributed by atoms with van der Waals surface area (Å²) in [6.07, 6.45) is -2.87. The third kappa shape index (κ3) is 5.27. The second-order valence-corrected chi connectivity index (χ2v) is 3.76. The number of carbonyl (C=O) groups is 2. The van der Waals surface area contributed by atoms with E-state index in [-0.39, 0.29) is 24.3 Å². The van der Waals surface area contributed by atoms with Crippen LogP contribution in [0.5, 0.6) is 0 Å². The third-order valence-corrected chi connectivity index (χ3v) is 2.20. The number of anilines is 1. The number of amides is 1. The Morgan fingerprint density at radius 1 is 1.35 bits per heavy atom. The van der Waals surface area contributed by atoms with Gasteiger partial charge in [-0.05, 0) is 18.2 Å². The molecule has 0 atom stereocenters. The van der Waals surface area contributed by atoms with Crippen molar-refractivity contribution in [3.8, 4) is 0 Å². The molecule has 0 aromatic heterocycles. The SMILES string of the molecule is O=C(CCOCC(F)F)Nc1cc(F)ccc1C(=O)O. The van der Waals surface area contributed by atoms with Crippen LogP contribution in [0.3, 0.4) is 0 Å². The third-order valence-electron chi connectivity index (χ3n) is 2.20. The monoisotopic (exact) mass is 291 g/mol. The summed E-state index contributed by atoms with van der Waals surface area (Å²) in [5.74, 6) is -2.69. The Kier molecular flexibility index (Phi) is 5.98. The molecule has 0 saturated heterocycles. The Balaban J connectivity index is 2.57. The fraction of sp³-hybridized carbons (Fsp3) is 0.333. The van der Waals surface area contributed by atoms with Gasteiger partial charge in [-0.15, -0.1) is 0 Å². The van der Waals surface area contributed by atoms with Gasteiger partial charge in [0.15, 0.2) is 0 Å². The maximum absolute atomic E-state index is 13.0. The molecule has 20 heavy (non-hydrogen) atoms. The molecule has 0 aliphatic heterocycles. The van der Waals surface area contributed by atoms with Crippen molar-refractivity contribution in [2.24, 2.45) is 0 Å². The summed E-state index contributed by atoms with van der Waals surface area (Å²) >= 11 is 0. The van der Waals surface area contributed by atoms with Crippen molar-refractivity contribution in [3.63, 3.8) is 0 Å². The Hall–Kier alpha value is -2.09. The number of carboxylic acids is 1. The van der Waals surface area contributed by atoms with E-state index in [9.17, 15) is 22.8 Å². The van der Waals surface area contributed by atoms with Crippen LogP contribution in [0.15, 0.2) is 18.2 Å². The molecule has 0 fully saturated rings. The number of carboxylic acid groups (broad SMARTS) is 1. The zero-order valence-corrected chi connectivity index (χ0v) is 10.2. The summed E-state index contributed by atoms with van der Waals surface area (Å²) in [7, 11) is 0. The molecule has 0 aliphatic rings. The Labute approximate surface area is 112 Å². The molecule has 1 aromatic carbocycles. The van der Waals surface area contributed by atoms with E-state index < -0.39 is 30.7 Å². The number of hydrogen-bond acceptors (Lipinski definition) is 3. The molecular weight excluding hydrogens is 279 g/mol. The van der Waals surface area contributed by atoms with Gasteiger partial charge in [-0.25, -0.2) is 18.0 Å². The molecule has 0 spiro atoms. The number of benzene rings is 1. The Bertz CT molecular complexity index is 494. The van der Waals surface area contributed by atoms with Crippen molar-refractivity contribution in [1.29, 1.82) is 0 Å². The van der Waals surface area contributed by atoms with Crippen LogP contribution in [0.2, 0.25) is 0 Å². The quantitative estimate of drug-likeness (QED) is 0.755. The minimum absolute atomic E-state index is 0.198. The molecule has 0 aliphatic carbocycles. The van der Waals surface area contributed by atoms with Crippen molar-refractivity contribution >= 4 is 17.6 Å². The number of halogens is 3. The first kappa shape index (κ1) is 16.0. The van der Waals surface area contributed by atoms with E-state index in [4.69, 9.17) is 5.11 Å². The zero-order valence-electron chi connectivity index (χ0n) is 10.2. The number of aromatic carboxylic acids is 1. The minimum Gasteiger partial charge on any atom is -0.478 e. The summed E-state index contributed by atoms with van der Waals surface area (Å²) in [5.41, 5.74) is -0.468. The van der Waals surface area contributed by atoms with Gasteiger partial charge < -0.3 is 15.2 Å². The summed E-state index contributed by atoms with van der Waals surface area (Å²) in [4.78, 5) is 22.3. The van der Waals surface area contributed by atoms with E-state index in [1.54, 1.807) is 0 Å². The first-order chi connectivity index (χ1) is 9.40. The van der Waals surface area contributed by atoms with Crippen molar-refractivity contribution in [2.75, 3.05) is 18.5 Å². The second kappa shape index (κ2) is 7.49. The predicted octanol–water partition coefficient (Wildman–Crippen LogP) is 2.13. The molecule has 0 bridgehead atoms. The highest BCUT2D eigenvalue weighted by Gasteiger charge is 2.13. The van der Waals surface area contributed by atoms with Gasteiger partial charge >= 0.3 is 5.97 Å². The lowest BCUT2D eigenvalue weighted by Gasteiger charge is -2.09. The Morgan fingerprint density at radius 3 is 2.65 bits per heavy atom. The number of nitrogens with one attached hydrogen (secondary N) is 1. The summed E-state index contributed by atoms with van der Waals surface area (Å²) in [6.45, 7) is -1.03. The van der Waals surface area contributed by atoms with E-state index in [0.717, 1.165) is 18.2 Å². The maximum atomic E-state index is 13.0. The molecule has 8 heteroatoms. The van der Waals surface area contributed by atoms with Crippen molar-refractivity contribution < 1.29 is 32.6 Å². The molecule has 0 radical (unpaired) electrons. The second-order valence-electron chi connectivity index (χ2n) is 3.76. The van der Waals surface area contributed by atoms with Crippen LogP contribution < -0.4 is 5.32 Å². The molecule has 110 valence electrons. The van der Waals surface area contributed by atoms with Crippen LogP contribution in [0.25, 0.3) is 0 Å². The number of hydrogen-bond donors (Lipinski definition) is 2. The summed E-state index contributed by atoms with van der Waals surface area (Å²) in [6, 6.07) is 2.83. The summed E-state index contributed by atoms with van der Waals surface area (Å²) < 4.78 is 41.0. The van der Waals surface area contributed by atoms with Gasteiger partial charge in [-0.3, -0.25) is 4.79 Å². The van der Waals surface area contributed by atoms with Gasteiger partial charge in [0, 0.05) is 0 Å². The number of alkyl halides is 2. The lowest BCUT2D eigenvalue weighted by molar-refractivity contribution is -0.117. The van der Waals surface area contributed by atoms with Crippen LogP contribution >= 0.6 is 0 Å². The minimum atomic E-state index is -2.63. The highest BCUT2D eigenvalue weighted by atomic mass is 19.3. The normalized spacial score (nSPS) is 10.6. The summed E-state index contributed by atoms with van der Waals surface area (Å²) in [5, 5.41) is 11.1. The molecule has 5 nitrogen and oxygen atoms in total. The van der Waals surface area contributed by atoms with Gasteiger partial charge in [0.2, 0.25) is 5.91 Å². The molecule has 1 aromatic rings. The van der Waals surface area contributed by atoms with E-state index in [1.807, 2.05) is 0 Å². The van der Waals surface area contributed by atoms with E-state index in [2.05, 4.69) is 10.1 Å². The van der Waals surface area contributed by atoms with Crippen LogP contribution in [-0.2, 0) is 9.53 Å². The van der Waals surface area contributed by atoms with Crippen LogP contribution in [0, 0.1) is 5.82 Å². The average molecular weight is 291 g/mol. The molecule has 1 rings (SSSR count). The first-order valence-corrected chi connectivity index (χ1v) is 5.58. The average Bonchev–Trinajstić information content (AvgIpc) is 2.34. The highest BCUT2D eigenvalue weighted by Crippen LogP contribution is 2.17. The van der Waals surface area contributed by atoms with Crippen LogP contribution in [-0.4, -0.2) is 36.6 Å². The standard InChI is InChI=1S/C12H12F3NO4/c13-7-1-2-8(12(18)19)9(5-7)16-11(17)3-4-20-6-10(14)15/h1-2,5,10H,3-4,6H2,(H,16,17)(H,18,19). The van der Waals surface area contributed by atoms with Gasteiger partial charge in [0.1, 0.15) is 12.4 Å². The lowest BCUT2D eigenvalue weighted by Crippen LogP contribution is -2.17. The molecule has 0 heterocycles. The molecular formula is C12H12F3NO4. The highest BCUT2D eigenvalue weighted by molar-refractivity contribution is 6.00. The van der Waals surface area contributed by atoms with E-state index >= 15 is 0 Å². The number of ether oxygens (including phenoxy) is 1. The topological polar surface area (TPSA) is 75.6 Å².